The van der Waals surface area contributed by atoms with Gasteiger partial charge in [-0.05, 0) is 32.8 Å². The van der Waals surface area contributed by atoms with Crippen LogP contribution >= 0.6 is 0 Å². The Hall–Kier alpha value is -2.08. The molecule has 1 saturated heterocycles. The molecule has 0 spiro atoms. The van der Waals surface area contributed by atoms with Crippen molar-refractivity contribution in [1.82, 2.24) is 4.90 Å². The maximum absolute atomic E-state index is 12.2. The minimum absolute atomic E-state index is 0.372. The maximum atomic E-state index is 12.2. The molecule has 0 unspecified atom stereocenters. The zero-order chi connectivity index (χ0) is 17.0. The standard InChI is InChI=1S/C17H24N2O4/c1-17(2,3)23-16(21)19-10-9-13(14(19)15(18)20)22-11-12-7-5-4-6-8-12/h4-8,13-14H,9-11H2,1-3H3,(H2,18,20)/t13-,14+/m1/s1. The highest BCUT2D eigenvalue weighted by Crippen LogP contribution is 2.24. The van der Waals surface area contributed by atoms with E-state index in [2.05, 4.69) is 0 Å². The maximum Gasteiger partial charge on any atom is 0.411 e. The molecule has 6 nitrogen and oxygen atoms in total. The van der Waals surface area contributed by atoms with E-state index in [1.54, 1.807) is 20.8 Å². The predicted molar refractivity (Wildman–Crippen MR) is 85.6 cm³/mol. The number of likely N-dealkylation sites (tertiary alicyclic amines) is 1. The molecule has 2 rings (SSSR count). The fourth-order valence-electron chi connectivity index (χ4n) is 2.58. The van der Waals surface area contributed by atoms with Crippen molar-refractivity contribution in [1.29, 1.82) is 0 Å². The van der Waals surface area contributed by atoms with E-state index in [0.29, 0.717) is 19.6 Å². The Morgan fingerprint density at radius 3 is 2.48 bits per heavy atom. The highest BCUT2D eigenvalue weighted by atomic mass is 16.6. The molecule has 2 amide bonds. The van der Waals surface area contributed by atoms with Gasteiger partial charge in [0.2, 0.25) is 5.91 Å². The lowest BCUT2D eigenvalue weighted by atomic mass is 10.1. The summed E-state index contributed by atoms with van der Waals surface area (Å²) in [7, 11) is 0. The molecule has 23 heavy (non-hydrogen) atoms. The summed E-state index contributed by atoms with van der Waals surface area (Å²) in [5, 5.41) is 0. The van der Waals surface area contributed by atoms with Gasteiger partial charge < -0.3 is 15.2 Å². The summed E-state index contributed by atoms with van der Waals surface area (Å²) in [5.41, 5.74) is 5.86. The van der Waals surface area contributed by atoms with E-state index in [-0.39, 0.29) is 0 Å². The normalized spacial score (nSPS) is 21.3. The summed E-state index contributed by atoms with van der Waals surface area (Å²) in [4.78, 5) is 25.4. The van der Waals surface area contributed by atoms with Crippen LogP contribution in [0, 0.1) is 0 Å². The Bertz CT molecular complexity index is 553. The van der Waals surface area contributed by atoms with E-state index < -0.39 is 29.7 Å². The van der Waals surface area contributed by atoms with Gasteiger partial charge in [0.05, 0.1) is 12.7 Å². The molecule has 0 radical (unpaired) electrons. The van der Waals surface area contributed by atoms with Gasteiger partial charge in [-0.25, -0.2) is 4.79 Å². The van der Waals surface area contributed by atoms with Gasteiger partial charge in [-0.1, -0.05) is 30.3 Å². The number of carbonyl (C=O) groups excluding carboxylic acids is 2. The monoisotopic (exact) mass is 320 g/mol. The van der Waals surface area contributed by atoms with Gasteiger partial charge in [0.25, 0.3) is 0 Å². The first kappa shape index (κ1) is 17.3. The van der Waals surface area contributed by atoms with E-state index in [4.69, 9.17) is 15.2 Å². The minimum atomic E-state index is -0.798. The Labute approximate surface area is 136 Å². The fraction of sp³-hybridized carbons (Fsp3) is 0.529. The molecule has 1 aliphatic rings. The van der Waals surface area contributed by atoms with E-state index >= 15 is 0 Å². The molecule has 0 aromatic heterocycles. The Morgan fingerprint density at radius 1 is 1.26 bits per heavy atom. The van der Waals surface area contributed by atoms with Crippen molar-refractivity contribution in [3.63, 3.8) is 0 Å². The number of rotatable bonds is 4. The van der Waals surface area contributed by atoms with Gasteiger partial charge >= 0.3 is 6.09 Å². The molecule has 0 saturated carbocycles. The molecule has 0 bridgehead atoms. The third kappa shape index (κ3) is 4.69. The number of hydrogen-bond donors (Lipinski definition) is 1. The van der Waals surface area contributed by atoms with Crippen molar-refractivity contribution < 1.29 is 19.1 Å². The number of hydrogen-bond acceptors (Lipinski definition) is 4. The first-order chi connectivity index (χ1) is 10.8. The van der Waals surface area contributed by atoms with Crippen molar-refractivity contribution in [2.24, 2.45) is 5.73 Å². The molecule has 0 aliphatic carbocycles. The molecular weight excluding hydrogens is 296 g/mol. The number of nitrogens with two attached hydrogens (primary N) is 1. The van der Waals surface area contributed by atoms with E-state index in [9.17, 15) is 9.59 Å². The summed E-state index contributed by atoms with van der Waals surface area (Å²) < 4.78 is 11.2. The third-order valence-corrected chi connectivity index (χ3v) is 3.57. The summed E-state index contributed by atoms with van der Waals surface area (Å²) in [6.07, 6.45) is -0.396. The summed E-state index contributed by atoms with van der Waals surface area (Å²) in [5.74, 6) is -0.577. The highest BCUT2D eigenvalue weighted by molar-refractivity contribution is 5.85. The van der Waals surface area contributed by atoms with E-state index in [1.807, 2.05) is 30.3 Å². The Morgan fingerprint density at radius 2 is 1.91 bits per heavy atom. The summed E-state index contributed by atoms with van der Waals surface area (Å²) in [6, 6.07) is 8.86. The van der Waals surface area contributed by atoms with Crippen LogP contribution in [-0.4, -0.2) is 41.2 Å². The van der Waals surface area contributed by atoms with Gasteiger partial charge in [0.1, 0.15) is 11.6 Å². The largest absolute Gasteiger partial charge is 0.444 e. The topological polar surface area (TPSA) is 81.9 Å². The van der Waals surface area contributed by atoms with Crippen molar-refractivity contribution in [2.45, 2.75) is 51.5 Å². The molecule has 2 N–H and O–H groups in total. The minimum Gasteiger partial charge on any atom is -0.444 e. The number of benzene rings is 1. The van der Waals surface area contributed by atoms with Crippen molar-refractivity contribution >= 4 is 12.0 Å². The van der Waals surface area contributed by atoms with Crippen molar-refractivity contribution in [2.75, 3.05) is 6.54 Å². The lowest BCUT2D eigenvalue weighted by molar-refractivity contribution is -0.126. The first-order valence-electron chi connectivity index (χ1n) is 7.72. The van der Waals surface area contributed by atoms with Crippen LogP contribution in [0.5, 0.6) is 0 Å². The zero-order valence-electron chi connectivity index (χ0n) is 13.8. The predicted octanol–water partition coefficient (Wildman–Crippen LogP) is 2.07. The zero-order valence-corrected chi connectivity index (χ0v) is 13.8. The number of primary amides is 1. The smallest absolute Gasteiger partial charge is 0.411 e. The van der Waals surface area contributed by atoms with Gasteiger partial charge in [-0.3, -0.25) is 9.69 Å². The molecule has 2 atom stereocenters. The average molecular weight is 320 g/mol. The van der Waals surface area contributed by atoms with Crippen LogP contribution in [0.1, 0.15) is 32.8 Å². The fourth-order valence-corrected chi connectivity index (χ4v) is 2.58. The van der Waals surface area contributed by atoms with Crippen LogP contribution in [0.2, 0.25) is 0 Å². The van der Waals surface area contributed by atoms with Gasteiger partial charge in [-0.15, -0.1) is 0 Å². The lowest BCUT2D eigenvalue weighted by Gasteiger charge is -2.28. The Kier molecular flexibility index (Phi) is 5.26. The number of amides is 2. The number of ether oxygens (including phenoxy) is 2. The van der Waals surface area contributed by atoms with Crippen LogP contribution in [0.25, 0.3) is 0 Å². The molecular formula is C17H24N2O4. The molecule has 6 heteroatoms. The highest BCUT2D eigenvalue weighted by Gasteiger charge is 2.43. The second-order valence-corrected chi connectivity index (χ2v) is 6.64. The molecule has 1 aromatic rings. The lowest BCUT2D eigenvalue weighted by Crippen LogP contribution is -2.50. The van der Waals surface area contributed by atoms with E-state index in [1.165, 1.54) is 4.90 Å². The third-order valence-electron chi connectivity index (χ3n) is 3.57. The van der Waals surface area contributed by atoms with Crippen LogP contribution in [0.15, 0.2) is 30.3 Å². The second-order valence-electron chi connectivity index (χ2n) is 6.64. The van der Waals surface area contributed by atoms with Crippen LogP contribution < -0.4 is 5.73 Å². The summed E-state index contributed by atoms with van der Waals surface area (Å²) in [6.45, 7) is 6.11. The average Bonchev–Trinajstić information content (AvgIpc) is 2.88. The number of carbonyl (C=O) groups is 2. The van der Waals surface area contributed by atoms with Crippen LogP contribution in [-0.2, 0) is 20.9 Å². The van der Waals surface area contributed by atoms with Gasteiger partial charge in [0.15, 0.2) is 0 Å². The number of nitrogens with zero attached hydrogens (tertiary/aromatic N) is 1. The van der Waals surface area contributed by atoms with Gasteiger partial charge in [-0.2, -0.15) is 0 Å². The SMILES string of the molecule is CC(C)(C)OC(=O)N1CC[C@@H](OCc2ccccc2)[C@H]1C(N)=O. The quantitative estimate of drug-likeness (QED) is 0.920. The van der Waals surface area contributed by atoms with E-state index in [0.717, 1.165) is 5.56 Å². The molecule has 126 valence electrons. The molecule has 1 aromatic carbocycles. The van der Waals surface area contributed by atoms with Crippen molar-refractivity contribution in [3.8, 4) is 0 Å². The second kappa shape index (κ2) is 7.00. The first-order valence-corrected chi connectivity index (χ1v) is 7.72. The Balaban J connectivity index is 2.01. The van der Waals surface area contributed by atoms with Crippen LogP contribution in [0.3, 0.4) is 0 Å². The molecule has 1 heterocycles. The molecule has 1 fully saturated rings. The van der Waals surface area contributed by atoms with Gasteiger partial charge in [0, 0.05) is 6.54 Å². The summed E-state index contributed by atoms with van der Waals surface area (Å²) >= 11 is 0. The van der Waals surface area contributed by atoms with Crippen LogP contribution in [0.4, 0.5) is 4.79 Å². The van der Waals surface area contributed by atoms with Crippen molar-refractivity contribution in [3.05, 3.63) is 35.9 Å². The molecule has 1 aliphatic heterocycles.